The van der Waals surface area contributed by atoms with Crippen molar-refractivity contribution in [1.82, 2.24) is 4.98 Å². The molecule has 0 spiro atoms. The fourth-order valence-corrected chi connectivity index (χ4v) is 0.945. The van der Waals surface area contributed by atoms with Crippen molar-refractivity contribution in [2.45, 2.75) is 26.4 Å². The van der Waals surface area contributed by atoms with Crippen LogP contribution in [0.25, 0.3) is 0 Å². The Balaban J connectivity index is 2.82. The van der Waals surface area contributed by atoms with Gasteiger partial charge in [-0.1, -0.05) is 0 Å². The van der Waals surface area contributed by atoms with Gasteiger partial charge in [0.05, 0.1) is 4.92 Å². The molecule has 0 aliphatic rings. The van der Waals surface area contributed by atoms with E-state index in [1.165, 1.54) is 12.1 Å². The standard InChI is InChI=1S/C10H12N2O4/c1-10(2,3)16-9(13)8-5-4-7(6-11-8)12(14)15/h4-6H,1-3H3. The van der Waals surface area contributed by atoms with E-state index < -0.39 is 16.5 Å². The quantitative estimate of drug-likeness (QED) is 0.435. The fourth-order valence-electron chi connectivity index (χ4n) is 0.945. The van der Waals surface area contributed by atoms with E-state index >= 15 is 0 Å². The third kappa shape index (κ3) is 3.30. The van der Waals surface area contributed by atoms with E-state index in [2.05, 4.69) is 4.98 Å². The van der Waals surface area contributed by atoms with Gasteiger partial charge in [-0.25, -0.2) is 9.78 Å². The van der Waals surface area contributed by atoms with Crippen LogP contribution in [0.4, 0.5) is 5.69 Å². The summed E-state index contributed by atoms with van der Waals surface area (Å²) in [5.74, 6) is -0.595. The molecule has 0 bridgehead atoms. The molecular weight excluding hydrogens is 212 g/mol. The molecule has 0 fully saturated rings. The summed E-state index contributed by atoms with van der Waals surface area (Å²) in [6.07, 6.45) is 1.03. The molecule has 1 heterocycles. The Morgan fingerprint density at radius 3 is 2.44 bits per heavy atom. The largest absolute Gasteiger partial charge is 0.455 e. The summed E-state index contributed by atoms with van der Waals surface area (Å²) in [6.45, 7) is 5.20. The first-order chi connectivity index (χ1) is 7.29. The van der Waals surface area contributed by atoms with E-state index in [0.29, 0.717) is 0 Å². The summed E-state index contributed by atoms with van der Waals surface area (Å²) < 4.78 is 5.05. The zero-order valence-corrected chi connectivity index (χ0v) is 9.26. The number of ether oxygens (including phenoxy) is 1. The van der Waals surface area contributed by atoms with E-state index in [0.717, 1.165) is 6.20 Å². The monoisotopic (exact) mass is 224 g/mol. The average molecular weight is 224 g/mol. The first-order valence-electron chi connectivity index (χ1n) is 4.63. The maximum absolute atomic E-state index is 11.5. The van der Waals surface area contributed by atoms with E-state index in [9.17, 15) is 14.9 Å². The van der Waals surface area contributed by atoms with Crippen LogP contribution in [0.3, 0.4) is 0 Å². The zero-order chi connectivity index (χ0) is 12.3. The van der Waals surface area contributed by atoms with Gasteiger partial charge in [-0.3, -0.25) is 10.1 Å². The molecule has 86 valence electrons. The molecule has 1 aromatic rings. The number of nitrogens with zero attached hydrogens (tertiary/aromatic N) is 2. The molecule has 0 N–H and O–H groups in total. The van der Waals surface area contributed by atoms with Crippen LogP contribution < -0.4 is 0 Å². The minimum Gasteiger partial charge on any atom is -0.455 e. The van der Waals surface area contributed by atoms with E-state index in [1.807, 2.05) is 0 Å². The summed E-state index contributed by atoms with van der Waals surface area (Å²) in [5.41, 5.74) is -0.714. The number of carbonyl (C=O) groups is 1. The van der Waals surface area contributed by atoms with Gasteiger partial charge in [0.2, 0.25) is 0 Å². The molecule has 0 aliphatic carbocycles. The van der Waals surface area contributed by atoms with Gasteiger partial charge in [0.15, 0.2) is 0 Å². The Hall–Kier alpha value is -1.98. The Labute approximate surface area is 92.4 Å². The maximum Gasteiger partial charge on any atom is 0.357 e. The molecule has 0 aliphatic heterocycles. The van der Waals surface area contributed by atoms with Crippen LogP contribution >= 0.6 is 0 Å². The third-order valence-corrected chi connectivity index (χ3v) is 1.57. The first-order valence-corrected chi connectivity index (χ1v) is 4.63. The lowest BCUT2D eigenvalue weighted by Crippen LogP contribution is -2.24. The highest BCUT2D eigenvalue weighted by Crippen LogP contribution is 2.13. The molecule has 0 radical (unpaired) electrons. The van der Waals surface area contributed by atoms with E-state index in [4.69, 9.17) is 4.74 Å². The lowest BCUT2D eigenvalue weighted by Gasteiger charge is -2.18. The molecule has 0 saturated heterocycles. The Kier molecular flexibility index (Phi) is 3.22. The van der Waals surface area contributed by atoms with Crippen LogP contribution in [-0.2, 0) is 4.74 Å². The second-order valence-corrected chi connectivity index (χ2v) is 4.16. The highest BCUT2D eigenvalue weighted by Gasteiger charge is 2.19. The molecular formula is C10H12N2O4. The van der Waals surface area contributed by atoms with E-state index in [-0.39, 0.29) is 11.4 Å². The molecule has 6 heteroatoms. The first kappa shape index (κ1) is 12.1. The Bertz CT molecular complexity index is 406. The number of hydrogen-bond acceptors (Lipinski definition) is 5. The lowest BCUT2D eigenvalue weighted by molar-refractivity contribution is -0.385. The molecule has 1 rings (SSSR count). The van der Waals surface area contributed by atoms with Crippen molar-refractivity contribution < 1.29 is 14.5 Å². The summed E-state index contributed by atoms with van der Waals surface area (Å²) in [6, 6.07) is 2.48. The van der Waals surface area contributed by atoms with Gasteiger partial charge in [0.25, 0.3) is 5.69 Å². The van der Waals surface area contributed by atoms with Crippen molar-refractivity contribution in [1.29, 1.82) is 0 Å². The van der Waals surface area contributed by atoms with Crippen molar-refractivity contribution in [2.24, 2.45) is 0 Å². The molecule has 0 saturated carbocycles. The van der Waals surface area contributed by atoms with Crippen molar-refractivity contribution in [2.75, 3.05) is 0 Å². The van der Waals surface area contributed by atoms with Gasteiger partial charge >= 0.3 is 5.97 Å². The SMILES string of the molecule is CC(C)(C)OC(=O)c1ccc([N+](=O)[O-])cn1. The normalized spacial score (nSPS) is 10.9. The summed E-state index contributed by atoms with van der Waals surface area (Å²) >= 11 is 0. The van der Waals surface area contributed by atoms with Crippen molar-refractivity contribution in [3.05, 3.63) is 34.1 Å². The van der Waals surface area contributed by atoms with Gasteiger partial charge in [-0.15, -0.1) is 0 Å². The number of nitro groups is 1. The maximum atomic E-state index is 11.5. The molecule has 16 heavy (non-hydrogen) atoms. The van der Waals surface area contributed by atoms with Crippen molar-refractivity contribution >= 4 is 11.7 Å². The highest BCUT2D eigenvalue weighted by molar-refractivity contribution is 5.87. The average Bonchev–Trinajstić information content (AvgIpc) is 2.15. The topological polar surface area (TPSA) is 82.3 Å². The van der Waals surface area contributed by atoms with Crippen LogP contribution in [0.1, 0.15) is 31.3 Å². The molecule has 6 nitrogen and oxygen atoms in total. The molecule has 0 aromatic carbocycles. The smallest absolute Gasteiger partial charge is 0.357 e. The number of esters is 1. The van der Waals surface area contributed by atoms with Crippen LogP contribution in [0.2, 0.25) is 0 Å². The van der Waals surface area contributed by atoms with Crippen LogP contribution in [-0.4, -0.2) is 21.5 Å². The molecule has 1 aromatic heterocycles. The molecule has 0 amide bonds. The zero-order valence-electron chi connectivity index (χ0n) is 9.26. The second kappa shape index (κ2) is 4.26. The molecule has 0 atom stereocenters. The number of rotatable bonds is 2. The number of aromatic nitrogens is 1. The van der Waals surface area contributed by atoms with E-state index in [1.54, 1.807) is 20.8 Å². The van der Waals surface area contributed by atoms with Crippen molar-refractivity contribution in [3.63, 3.8) is 0 Å². The highest BCUT2D eigenvalue weighted by atomic mass is 16.6. The number of pyridine rings is 1. The van der Waals surface area contributed by atoms with Gasteiger partial charge in [-0.05, 0) is 26.8 Å². The number of hydrogen-bond donors (Lipinski definition) is 0. The predicted octanol–water partition coefficient (Wildman–Crippen LogP) is 1.95. The summed E-state index contributed by atoms with van der Waals surface area (Å²) in [4.78, 5) is 24.9. The fraction of sp³-hybridized carbons (Fsp3) is 0.400. The Morgan fingerprint density at radius 2 is 2.06 bits per heavy atom. The van der Waals surface area contributed by atoms with Gasteiger partial charge in [-0.2, -0.15) is 0 Å². The summed E-state index contributed by atoms with van der Waals surface area (Å²) in [7, 11) is 0. The van der Waals surface area contributed by atoms with Crippen LogP contribution in [0, 0.1) is 10.1 Å². The number of carbonyl (C=O) groups excluding carboxylic acids is 1. The minimum absolute atomic E-state index is 0.0560. The van der Waals surface area contributed by atoms with Crippen molar-refractivity contribution in [3.8, 4) is 0 Å². The molecule has 0 unspecified atom stereocenters. The van der Waals surface area contributed by atoms with Crippen LogP contribution in [0.15, 0.2) is 18.3 Å². The summed E-state index contributed by atoms with van der Waals surface area (Å²) in [5, 5.41) is 10.4. The van der Waals surface area contributed by atoms with Gasteiger partial charge in [0.1, 0.15) is 17.5 Å². The second-order valence-electron chi connectivity index (χ2n) is 4.16. The minimum atomic E-state index is -0.611. The predicted molar refractivity (Wildman–Crippen MR) is 56.1 cm³/mol. The lowest BCUT2D eigenvalue weighted by atomic mass is 10.2. The Morgan fingerprint density at radius 1 is 1.44 bits per heavy atom. The van der Waals surface area contributed by atoms with Gasteiger partial charge in [0, 0.05) is 6.07 Å². The third-order valence-electron chi connectivity index (χ3n) is 1.57. The van der Waals surface area contributed by atoms with Crippen LogP contribution in [0.5, 0.6) is 0 Å². The van der Waals surface area contributed by atoms with Gasteiger partial charge < -0.3 is 4.74 Å².